The lowest BCUT2D eigenvalue weighted by atomic mass is 9.84. The molecule has 1 radical (unpaired) electrons. The number of anilines is 3. The van der Waals surface area contributed by atoms with Crippen molar-refractivity contribution in [2.24, 2.45) is 0 Å². The van der Waals surface area contributed by atoms with Gasteiger partial charge in [-0.15, -0.1) is 0 Å². The first-order valence-electron chi connectivity index (χ1n) is 12.7. The lowest BCUT2D eigenvalue weighted by Gasteiger charge is -2.30. The Kier molecular flexibility index (Phi) is 7.28. The van der Waals surface area contributed by atoms with E-state index in [4.69, 9.17) is 21.3 Å². The fourth-order valence-electron chi connectivity index (χ4n) is 5.17. The highest BCUT2D eigenvalue weighted by Gasteiger charge is 2.37. The van der Waals surface area contributed by atoms with E-state index in [0.29, 0.717) is 40.2 Å². The van der Waals surface area contributed by atoms with E-state index in [1.54, 1.807) is 6.20 Å². The van der Waals surface area contributed by atoms with Crippen LogP contribution in [0.5, 0.6) is 5.75 Å². The summed E-state index contributed by atoms with van der Waals surface area (Å²) in [5.41, 5.74) is 4.21. The molecule has 0 bridgehead atoms. The van der Waals surface area contributed by atoms with E-state index in [2.05, 4.69) is 48.2 Å². The number of hydrogen-bond acceptors (Lipinski definition) is 8. The highest BCUT2D eigenvalue weighted by atomic mass is 35.5. The lowest BCUT2D eigenvalue weighted by Crippen LogP contribution is -2.35. The average molecular weight is 528 g/mol. The Balaban J connectivity index is 1.45. The predicted molar refractivity (Wildman–Crippen MR) is 151 cm³/mol. The third-order valence-corrected chi connectivity index (χ3v) is 7.39. The van der Waals surface area contributed by atoms with Gasteiger partial charge in [-0.05, 0) is 61.9 Å². The maximum atomic E-state index is 11.2. The van der Waals surface area contributed by atoms with Crippen molar-refractivity contribution < 1.29 is 9.53 Å². The number of piperidine rings is 1. The van der Waals surface area contributed by atoms with Gasteiger partial charge in [-0.25, -0.2) is 9.97 Å². The number of hydrogen-bond donors (Lipinski definition) is 1. The Morgan fingerprint density at radius 1 is 1.24 bits per heavy atom. The smallest absolute Gasteiger partial charge is 0.329 e. The van der Waals surface area contributed by atoms with Crippen LogP contribution >= 0.6 is 11.6 Å². The standard InChI is InChI=1S/C28H29BClN6O2/c1-28(2)16-36(29-17-37)26-19(15-31)12-18(13-22(26)28)23-6-9-32-27(33-23)34-24-14-20(30)4-5-25(24)38-21-7-10-35(3)11-8-21/h4-6,9,12-14,17,21H,7-8,10-11,16H2,1-3H3,(H,32,33,34). The minimum Gasteiger partial charge on any atom is -0.488 e. The van der Waals surface area contributed by atoms with Crippen LogP contribution in [0.1, 0.15) is 37.8 Å². The minimum absolute atomic E-state index is 0.135. The van der Waals surface area contributed by atoms with E-state index < -0.39 is 0 Å². The van der Waals surface area contributed by atoms with Crippen LogP contribution in [0.3, 0.4) is 0 Å². The van der Waals surface area contributed by atoms with Crippen LogP contribution in [-0.4, -0.2) is 61.3 Å². The topological polar surface area (TPSA) is 94.4 Å². The third-order valence-electron chi connectivity index (χ3n) is 7.15. The number of carbonyl (C=O) groups excluding carboxylic acids is 1. The van der Waals surface area contributed by atoms with Gasteiger partial charge in [0.25, 0.3) is 0 Å². The normalized spacial score (nSPS) is 17.0. The zero-order valence-corrected chi connectivity index (χ0v) is 22.5. The molecule has 2 aliphatic rings. The monoisotopic (exact) mass is 527 g/mol. The Hall–Kier alpha value is -3.61. The molecule has 8 nitrogen and oxygen atoms in total. The summed E-state index contributed by atoms with van der Waals surface area (Å²) in [4.78, 5) is 24.5. The summed E-state index contributed by atoms with van der Waals surface area (Å²) in [6.07, 6.45) is 4.49. The minimum atomic E-state index is -0.245. The summed E-state index contributed by atoms with van der Waals surface area (Å²) in [6, 6.07) is 13.5. The van der Waals surface area contributed by atoms with Crippen LogP contribution in [0.25, 0.3) is 11.3 Å². The van der Waals surface area contributed by atoms with Gasteiger partial charge in [-0.3, -0.25) is 0 Å². The van der Waals surface area contributed by atoms with Gasteiger partial charge >= 0.3 is 7.41 Å². The summed E-state index contributed by atoms with van der Waals surface area (Å²) in [5, 5.41) is 13.8. The maximum absolute atomic E-state index is 11.2. The number of fused-ring (bicyclic) bond motifs is 1. The fraction of sp³-hybridized carbons (Fsp3) is 0.357. The molecule has 5 rings (SSSR count). The molecular formula is C28H29BClN6O2. The second kappa shape index (κ2) is 10.6. The van der Waals surface area contributed by atoms with E-state index in [1.807, 2.05) is 35.1 Å². The van der Waals surface area contributed by atoms with Crippen LogP contribution in [0.4, 0.5) is 17.3 Å². The maximum Gasteiger partial charge on any atom is 0.329 e. The SMILES string of the molecule is CN1CCC(Oc2ccc(Cl)cc2Nc2nccc(-c3cc(C#N)c4c(c3)C(C)(C)CN4[B]C=O)n2)CC1. The highest BCUT2D eigenvalue weighted by Crippen LogP contribution is 2.44. The molecule has 0 unspecified atom stereocenters. The van der Waals surface area contributed by atoms with Crippen LogP contribution in [0.2, 0.25) is 5.02 Å². The summed E-state index contributed by atoms with van der Waals surface area (Å²) < 4.78 is 6.34. The first kappa shape index (κ1) is 26.0. The number of carbonyl (C=O) groups is 1. The number of nitriles is 1. The summed E-state index contributed by atoms with van der Waals surface area (Å²) in [7, 11) is 3.61. The molecule has 38 heavy (non-hydrogen) atoms. The molecule has 0 spiro atoms. The van der Waals surface area contributed by atoms with Crippen molar-refractivity contribution in [2.45, 2.75) is 38.2 Å². The van der Waals surface area contributed by atoms with Crippen molar-refractivity contribution in [3.05, 3.63) is 58.7 Å². The van der Waals surface area contributed by atoms with Gasteiger partial charge in [0.05, 0.1) is 16.9 Å². The Morgan fingerprint density at radius 2 is 2.03 bits per heavy atom. The molecule has 0 saturated carbocycles. The molecule has 0 aliphatic carbocycles. The van der Waals surface area contributed by atoms with Crippen molar-refractivity contribution in [3.63, 3.8) is 0 Å². The van der Waals surface area contributed by atoms with Gasteiger partial charge in [-0.2, -0.15) is 5.26 Å². The van der Waals surface area contributed by atoms with Gasteiger partial charge in [-0.1, -0.05) is 25.4 Å². The number of likely N-dealkylation sites (tertiary alicyclic amines) is 1. The number of halogens is 1. The van der Waals surface area contributed by atoms with Crippen molar-refractivity contribution >= 4 is 42.5 Å². The van der Waals surface area contributed by atoms with Crippen molar-refractivity contribution in [2.75, 3.05) is 36.8 Å². The summed E-state index contributed by atoms with van der Waals surface area (Å²) >= 11 is 6.32. The van der Waals surface area contributed by atoms with E-state index >= 15 is 0 Å². The molecule has 3 heterocycles. The average Bonchev–Trinajstić information content (AvgIpc) is 3.16. The Labute approximate surface area is 228 Å². The second-order valence-corrected chi connectivity index (χ2v) is 10.9. The molecule has 10 heteroatoms. The molecule has 0 atom stereocenters. The van der Waals surface area contributed by atoms with Crippen molar-refractivity contribution in [1.82, 2.24) is 14.9 Å². The number of benzene rings is 2. The van der Waals surface area contributed by atoms with Gasteiger partial charge in [0, 0.05) is 47.5 Å². The van der Waals surface area contributed by atoms with Gasteiger partial charge in [0.1, 0.15) is 24.1 Å². The molecule has 1 fully saturated rings. The van der Waals surface area contributed by atoms with Gasteiger partial charge < -0.3 is 24.6 Å². The highest BCUT2D eigenvalue weighted by molar-refractivity contribution is 6.70. The number of nitrogens with zero attached hydrogens (tertiary/aromatic N) is 5. The number of nitrogens with one attached hydrogen (secondary N) is 1. The second-order valence-electron chi connectivity index (χ2n) is 10.5. The van der Waals surface area contributed by atoms with Crippen LogP contribution < -0.4 is 14.9 Å². The molecule has 0 amide bonds. The van der Waals surface area contributed by atoms with E-state index in [-0.39, 0.29) is 11.5 Å². The largest absolute Gasteiger partial charge is 0.488 e. The number of aromatic nitrogens is 2. The van der Waals surface area contributed by atoms with Crippen LogP contribution in [0, 0.1) is 11.3 Å². The van der Waals surface area contributed by atoms with Gasteiger partial charge in [0.15, 0.2) is 0 Å². The molecule has 1 aromatic heterocycles. The zero-order chi connectivity index (χ0) is 26.9. The fourth-order valence-corrected chi connectivity index (χ4v) is 5.34. The molecule has 1 saturated heterocycles. The summed E-state index contributed by atoms with van der Waals surface area (Å²) in [6.45, 7) is 6.82. The van der Waals surface area contributed by atoms with E-state index in [9.17, 15) is 10.1 Å². The molecule has 3 aromatic rings. The first-order chi connectivity index (χ1) is 18.3. The molecule has 1 N–H and O–H groups in total. The molecule has 193 valence electrons. The molecule has 2 aromatic carbocycles. The molecular weight excluding hydrogens is 499 g/mol. The summed E-state index contributed by atoms with van der Waals surface area (Å²) in [5.74, 6) is 1.10. The van der Waals surface area contributed by atoms with Crippen molar-refractivity contribution in [1.29, 1.82) is 5.26 Å². The number of ether oxygens (including phenoxy) is 1. The van der Waals surface area contributed by atoms with Crippen LogP contribution in [0.15, 0.2) is 42.6 Å². The predicted octanol–water partition coefficient (Wildman–Crippen LogP) is 4.79. The third kappa shape index (κ3) is 5.33. The van der Waals surface area contributed by atoms with E-state index in [1.165, 1.54) is 7.41 Å². The Bertz CT molecular complexity index is 1400. The zero-order valence-electron chi connectivity index (χ0n) is 21.7. The molecule has 2 aliphatic heterocycles. The lowest BCUT2D eigenvalue weighted by molar-refractivity contribution is 0.115. The van der Waals surface area contributed by atoms with Gasteiger partial charge in [0.2, 0.25) is 5.95 Å². The van der Waals surface area contributed by atoms with E-state index in [0.717, 1.165) is 48.9 Å². The van der Waals surface area contributed by atoms with Crippen molar-refractivity contribution in [3.8, 4) is 23.1 Å². The Morgan fingerprint density at radius 3 is 2.76 bits per heavy atom. The quantitative estimate of drug-likeness (QED) is 0.346. The van der Waals surface area contributed by atoms with Crippen LogP contribution in [-0.2, 0) is 10.2 Å². The number of rotatable bonds is 7. The first-order valence-corrected chi connectivity index (χ1v) is 13.0.